The summed E-state index contributed by atoms with van der Waals surface area (Å²) in [4.78, 5) is 18.4. The van der Waals surface area contributed by atoms with Crippen LogP contribution in [0, 0.1) is 18.6 Å². The number of thiazole rings is 1. The van der Waals surface area contributed by atoms with Crippen LogP contribution in [-0.4, -0.2) is 17.9 Å². The van der Waals surface area contributed by atoms with Crippen molar-refractivity contribution in [2.75, 3.05) is 11.9 Å². The van der Waals surface area contributed by atoms with Gasteiger partial charge in [0.2, 0.25) is 5.91 Å². The summed E-state index contributed by atoms with van der Waals surface area (Å²) in [6, 6.07) is 10.1. The second kappa shape index (κ2) is 8.41. The van der Waals surface area contributed by atoms with Crippen molar-refractivity contribution >= 4 is 35.2 Å². The van der Waals surface area contributed by atoms with E-state index in [0.717, 1.165) is 34.1 Å². The summed E-state index contributed by atoms with van der Waals surface area (Å²) in [5.74, 6) is -1.16. The molecule has 1 amide bonds. The third-order valence-corrected chi connectivity index (χ3v) is 6.94. The molecule has 9 heteroatoms. The van der Waals surface area contributed by atoms with Crippen LogP contribution in [0.4, 0.5) is 13.9 Å². The lowest BCUT2D eigenvalue weighted by Gasteiger charge is -2.14. The number of carbonyl (C=O) groups is 1. The highest BCUT2D eigenvalue weighted by atomic mass is 32.1. The molecule has 146 valence electrons. The van der Waals surface area contributed by atoms with Gasteiger partial charge in [0.25, 0.3) is 0 Å². The Balaban J connectivity index is 1.74. The zero-order chi connectivity index (χ0) is 20.4. The molecule has 0 spiro atoms. The fourth-order valence-electron chi connectivity index (χ4n) is 2.68. The molecule has 1 heterocycles. The van der Waals surface area contributed by atoms with Gasteiger partial charge in [-0.25, -0.2) is 13.8 Å². The maximum atomic E-state index is 13.9. The van der Waals surface area contributed by atoms with E-state index in [1.807, 2.05) is 6.92 Å². The first-order valence-electron chi connectivity index (χ1n) is 8.34. The first-order valence-corrected chi connectivity index (χ1v) is 10.6. The van der Waals surface area contributed by atoms with Gasteiger partial charge in [-0.2, -0.15) is 0 Å². The van der Waals surface area contributed by atoms with Crippen LogP contribution < -0.4 is 20.5 Å². The molecule has 0 atom stereocenters. The Morgan fingerprint density at radius 3 is 2.46 bits per heavy atom. The lowest BCUT2D eigenvalue weighted by molar-refractivity contribution is -0.117. The van der Waals surface area contributed by atoms with E-state index in [-0.39, 0.29) is 17.9 Å². The van der Waals surface area contributed by atoms with Crippen molar-refractivity contribution in [2.24, 2.45) is 11.0 Å². The Labute approximate surface area is 166 Å². The van der Waals surface area contributed by atoms with Crippen molar-refractivity contribution < 1.29 is 13.6 Å². The predicted molar refractivity (Wildman–Crippen MR) is 111 cm³/mol. The number of halogens is 2. The van der Waals surface area contributed by atoms with Crippen LogP contribution in [0.5, 0.6) is 0 Å². The van der Waals surface area contributed by atoms with Crippen LogP contribution in [0.1, 0.15) is 11.3 Å². The molecule has 0 aliphatic carbocycles. The van der Waals surface area contributed by atoms with Crippen LogP contribution in [0.2, 0.25) is 0 Å². The molecule has 0 radical (unpaired) electrons. The molecule has 28 heavy (non-hydrogen) atoms. The van der Waals surface area contributed by atoms with Crippen molar-refractivity contribution in [2.45, 2.75) is 13.3 Å². The van der Waals surface area contributed by atoms with Crippen LogP contribution >= 0.6 is 19.6 Å². The van der Waals surface area contributed by atoms with E-state index < -0.39 is 19.9 Å². The van der Waals surface area contributed by atoms with E-state index in [1.165, 1.54) is 16.2 Å². The number of carbonyl (C=O) groups excluding carboxylic acids is 1. The molecule has 3 rings (SSSR count). The molecule has 0 unspecified atom stereocenters. The number of hydrogen-bond donors (Lipinski definition) is 2. The van der Waals surface area contributed by atoms with Gasteiger partial charge < -0.3 is 0 Å². The van der Waals surface area contributed by atoms with Crippen LogP contribution in [0.25, 0.3) is 11.1 Å². The van der Waals surface area contributed by atoms with E-state index in [0.29, 0.717) is 10.7 Å². The third-order valence-electron chi connectivity index (χ3n) is 4.21. The lowest BCUT2D eigenvalue weighted by Crippen LogP contribution is -2.27. The van der Waals surface area contributed by atoms with Crippen molar-refractivity contribution in [1.82, 2.24) is 4.98 Å². The summed E-state index contributed by atoms with van der Waals surface area (Å²) >= 11 is 1.31. The fraction of sp³-hybridized carbons (Fsp3) is 0.158. The Bertz CT molecular complexity index is 1010. The largest absolute Gasteiger partial charge is 0.293 e. The average Bonchev–Trinajstić information content (AvgIpc) is 3.05. The molecule has 0 saturated heterocycles. The molecule has 2 aromatic carbocycles. The minimum atomic E-state index is -1.26. The number of benzene rings is 2. The summed E-state index contributed by atoms with van der Waals surface area (Å²) in [6.45, 7) is 1.81. The SMILES string of the molecule is Cc1nc(N(C)C(=O)Cc2ccc(-c3cc(F)ccc3F)cc2)sc1P(N)N. The third kappa shape index (κ3) is 4.42. The highest BCUT2D eigenvalue weighted by Crippen LogP contribution is 2.27. The van der Waals surface area contributed by atoms with Gasteiger partial charge in [-0.1, -0.05) is 35.6 Å². The van der Waals surface area contributed by atoms with Crippen molar-refractivity contribution in [3.63, 3.8) is 0 Å². The van der Waals surface area contributed by atoms with Crippen LogP contribution in [0.15, 0.2) is 42.5 Å². The van der Waals surface area contributed by atoms with E-state index >= 15 is 0 Å². The van der Waals surface area contributed by atoms with Gasteiger partial charge in [0.15, 0.2) is 5.13 Å². The predicted octanol–water partition coefficient (Wildman–Crippen LogP) is 3.46. The molecular formula is C19H19F2N4OPS. The van der Waals surface area contributed by atoms with E-state index in [2.05, 4.69) is 4.98 Å². The normalized spacial score (nSPS) is 11.1. The highest BCUT2D eigenvalue weighted by molar-refractivity contribution is 7.68. The summed E-state index contributed by atoms with van der Waals surface area (Å²) in [6.07, 6.45) is 0.149. The zero-order valence-electron chi connectivity index (χ0n) is 15.3. The standard InChI is InChI=1S/C19H19F2N4OPS/c1-11-18(27(22)23)28-19(24-11)25(2)17(26)9-12-3-5-13(6-4-12)15-10-14(20)7-8-16(15)21/h3-8,10H,9,22-23H2,1-2H3. The van der Waals surface area contributed by atoms with Gasteiger partial charge in [-0.15, -0.1) is 0 Å². The number of nitrogens with zero attached hydrogens (tertiary/aromatic N) is 2. The summed E-state index contributed by atoms with van der Waals surface area (Å²) in [5.41, 5.74) is 13.8. The van der Waals surface area contributed by atoms with E-state index in [9.17, 15) is 13.6 Å². The molecule has 0 aliphatic heterocycles. The number of aryl methyl sites for hydroxylation is 1. The molecule has 0 bridgehead atoms. The highest BCUT2D eigenvalue weighted by Gasteiger charge is 2.19. The molecule has 0 fully saturated rings. The van der Waals surface area contributed by atoms with Gasteiger partial charge in [-0.3, -0.25) is 20.7 Å². The Morgan fingerprint density at radius 2 is 1.86 bits per heavy atom. The second-order valence-electron chi connectivity index (χ2n) is 6.24. The number of aromatic nitrogens is 1. The Kier molecular flexibility index (Phi) is 6.15. The molecule has 3 aromatic rings. The number of anilines is 1. The fourth-order valence-corrected chi connectivity index (χ4v) is 4.56. The number of amides is 1. The van der Waals surface area contributed by atoms with Crippen molar-refractivity contribution in [3.05, 3.63) is 65.4 Å². The van der Waals surface area contributed by atoms with Crippen LogP contribution in [-0.2, 0) is 11.2 Å². The quantitative estimate of drug-likeness (QED) is 0.619. The number of likely N-dealkylation sites (N-methyl/N-ethyl adjacent to an activating group) is 1. The average molecular weight is 420 g/mol. The van der Waals surface area contributed by atoms with Crippen molar-refractivity contribution in [1.29, 1.82) is 0 Å². The van der Waals surface area contributed by atoms with Gasteiger partial charge >= 0.3 is 0 Å². The first-order chi connectivity index (χ1) is 13.3. The Morgan fingerprint density at radius 1 is 1.18 bits per heavy atom. The second-order valence-corrected chi connectivity index (χ2v) is 8.79. The van der Waals surface area contributed by atoms with E-state index in [1.54, 1.807) is 31.3 Å². The summed E-state index contributed by atoms with van der Waals surface area (Å²) < 4.78 is 28.1. The molecule has 1 aromatic heterocycles. The number of nitrogens with two attached hydrogens (primary N) is 2. The van der Waals surface area contributed by atoms with Crippen LogP contribution in [0.3, 0.4) is 0 Å². The van der Waals surface area contributed by atoms with E-state index in [4.69, 9.17) is 11.0 Å². The Hall–Kier alpha value is -2.25. The minimum absolute atomic E-state index is 0.149. The maximum absolute atomic E-state index is 13.9. The topological polar surface area (TPSA) is 85.2 Å². The smallest absolute Gasteiger partial charge is 0.232 e. The monoisotopic (exact) mass is 420 g/mol. The molecule has 5 nitrogen and oxygen atoms in total. The molecule has 0 saturated carbocycles. The van der Waals surface area contributed by atoms with Gasteiger partial charge in [0.05, 0.1) is 25.0 Å². The molecule has 4 N–H and O–H groups in total. The van der Waals surface area contributed by atoms with Gasteiger partial charge in [0.1, 0.15) is 11.6 Å². The summed E-state index contributed by atoms with van der Waals surface area (Å²) in [7, 11) is 0.391. The molecular weight excluding hydrogens is 401 g/mol. The minimum Gasteiger partial charge on any atom is -0.293 e. The first kappa shape index (κ1) is 20.5. The lowest BCUT2D eigenvalue weighted by atomic mass is 10.0. The van der Waals surface area contributed by atoms with Gasteiger partial charge in [-0.05, 0) is 36.2 Å². The number of hydrogen-bond acceptors (Lipinski definition) is 5. The maximum Gasteiger partial charge on any atom is 0.232 e. The van der Waals surface area contributed by atoms with Gasteiger partial charge in [0, 0.05) is 12.6 Å². The summed E-state index contributed by atoms with van der Waals surface area (Å²) in [5, 5.41) is 0.541. The zero-order valence-corrected chi connectivity index (χ0v) is 17.0. The molecule has 0 aliphatic rings. The number of rotatable bonds is 5. The van der Waals surface area contributed by atoms with Crippen molar-refractivity contribution in [3.8, 4) is 11.1 Å².